The number of hydrogen-bond acceptors (Lipinski definition) is 3. The maximum absolute atomic E-state index is 12.9. The lowest BCUT2D eigenvalue weighted by Crippen LogP contribution is -2.12. The predicted octanol–water partition coefficient (Wildman–Crippen LogP) is 3.40. The fraction of sp³-hybridized carbons (Fsp3) is 0.300. The van der Waals surface area contributed by atoms with E-state index in [0.29, 0.717) is 0 Å². The van der Waals surface area contributed by atoms with E-state index < -0.39 is 17.8 Å². The van der Waals surface area contributed by atoms with Crippen molar-refractivity contribution in [1.29, 1.82) is 0 Å². The average Bonchev–Trinajstić information content (AvgIpc) is 2.67. The number of aliphatic imine (C=N–C) groups is 1. The second kappa shape index (κ2) is 4.51. The molecule has 0 aliphatic carbocycles. The van der Waals surface area contributed by atoms with Crippen LogP contribution in [0.4, 0.5) is 13.2 Å². The standard InChI is InChI=1S/C10H7Cl2F3N2O/c11-6-1-4(8-3-18-9(16)17-8)5(2-7(6)12)10(13,14)15/h1-2,8H,3H2,(H2,16,17). The number of hydrogen-bond donors (Lipinski definition) is 1. The van der Waals surface area contributed by atoms with Gasteiger partial charge in [0.15, 0.2) is 0 Å². The molecule has 1 unspecified atom stereocenters. The van der Waals surface area contributed by atoms with E-state index in [0.717, 1.165) is 12.1 Å². The summed E-state index contributed by atoms with van der Waals surface area (Å²) < 4.78 is 43.5. The van der Waals surface area contributed by atoms with Gasteiger partial charge in [-0.05, 0) is 17.7 Å². The minimum absolute atomic E-state index is 0.0281. The molecular weight excluding hydrogens is 292 g/mol. The van der Waals surface area contributed by atoms with Crippen LogP contribution in [-0.2, 0) is 10.9 Å². The number of halogens is 5. The van der Waals surface area contributed by atoms with Crippen molar-refractivity contribution in [2.75, 3.05) is 6.61 Å². The topological polar surface area (TPSA) is 47.6 Å². The predicted molar refractivity (Wildman–Crippen MR) is 61.8 cm³/mol. The number of ether oxygens (including phenoxy) is 1. The van der Waals surface area contributed by atoms with Crippen molar-refractivity contribution in [3.8, 4) is 0 Å². The number of alkyl halides is 3. The molecule has 3 nitrogen and oxygen atoms in total. The zero-order valence-electron chi connectivity index (χ0n) is 8.76. The Labute approximate surface area is 110 Å². The van der Waals surface area contributed by atoms with Gasteiger partial charge in [-0.15, -0.1) is 0 Å². The van der Waals surface area contributed by atoms with E-state index in [4.69, 9.17) is 33.7 Å². The molecule has 2 rings (SSSR count). The van der Waals surface area contributed by atoms with Crippen LogP contribution in [0.2, 0.25) is 10.0 Å². The normalized spacial score (nSPS) is 19.6. The van der Waals surface area contributed by atoms with Crippen LogP contribution < -0.4 is 5.73 Å². The van der Waals surface area contributed by atoms with Gasteiger partial charge >= 0.3 is 6.18 Å². The van der Waals surface area contributed by atoms with Gasteiger partial charge < -0.3 is 10.5 Å². The number of amidine groups is 1. The molecule has 1 atom stereocenters. The summed E-state index contributed by atoms with van der Waals surface area (Å²) >= 11 is 11.3. The molecule has 0 bridgehead atoms. The first-order chi connectivity index (χ1) is 8.29. The van der Waals surface area contributed by atoms with Gasteiger partial charge in [0.25, 0.3) is 6.02 Å². The van der Waals surface area contributed by atoms with Crippen LogP contribution in [0.5, 0.6) is 0 Å². The molecule has 0 radical (unpaired) electrons. The SMILES string of the molecule is NC1=NC(c2cc(Cl)c(Cl)cc2C(F)(F)F)CO1. The van der Waals surface area contributed by atoms with E-state index in [-0.39, 0.29) is 28.2 Å². The minimum Gasteiger partial charge on any atom is -0.463 e. The molecule has 18 heavy (non-hydrogen) atoms. The fourth-order valence-electron chi connectivity index (χ4n) is 1.64. The van der Waals surface area contributed by atoms with Crippen LogP contribution in [0, 0.1) is 0 Å². The average molecular weight is 299 g/mol. The van der Waals surface area contributed by atoms with Crippen LogP contribution in [0.3, 0.4) is 0 Å². The summed E-state index contributed by atoms with van der Waals surface area (Å²) in [6, 6.07) is 0.960. The van der Waals surface area contributed by atoms with E-state index in [2.05, 4.69) is 4.99 Å². The van der Waals surface area contributed by atoms with Gasteiger partial charge in [-0.3, -0.25) is 0 Å². The Morgan fingerprint density at radius 3 is 2.39 bits per heavy atom. The van der Waals surface area contributed by atoms with Gasteiger partial charge in [0.2, 0.25) is 0 Å². The van der Waals surface area contributed by atoms with E-state index in [1.165, 1.54) is 0 Å². The van der Waals surface area contributed by atoms with Gasteiger partial charge in [0.05, 0.1) is 15.6 Å². The Kier molecular flexibility index (Phi) is 3.33. The van der Waals surface area contributed by atoms with Crippen molar-refractivity contribution in [2.24, 2.45) is 10.7 Å². The summed E-state index contributed by atoms with van der Waals surface area (Å²) in [6.45, 7) is -0.0487. The smallest absolute Gasteiger partial charge is 0.416 e. The van der Waals surface area contributed by atoms with Gasteiger partial charge in [-0.2, -0.15) is 13.2 Å². The minimum atomic E-state index is -4.55. The molecule has 0 saturated heterocycles. The molecule has 0 spiro atoms. The molecule has 0 aromatic heterocycles. The van der Waals surface area contributed by atoms with Gasteiger partial charge in [-0.25, -0.2) is 4.99 Å². The fourth-order valence-corrected chi connectivity index (χ4v) is 1.97. The van der Waals surface area contributed by atoms with Crippen LogP contribution in [-0.4, -0.2) is 12.6 Å². The van der Waals surface area contributed by atoms with E-state index in [9.17, 15) is 13.2 Å². The lowest BCUT2D eigenvalue weighted by atomic mass is 10.0. The summed E-state index contributed by atoms with van der Waals surface area (Å²) in [5.74, 6) is 0. The lowest BCUT2D eigenvalue weighted by molar-refractivity contribution is -0.138. The van der Waals surface area contributed by atoms with E-state index in [1.807, 2.05) is 0 Å². The largest absolute Gasteiger partial charge is 0.463 e. The quantitative estimate of drug-likeness (QED) is 0.864. The van der Waals surface area contributed by atoms with Crippen molar-refractivity contribution in [1.82, 2.24) is 0 Å². The molecule has 98 valence electrons. The molecule has 0 fully saturated rings. The summed E-state index contributed by atoms with van der Waals surface area (Å²) in [6.07, 6.45) is -4.55. The summed E-state index contributed by atoms with van der Waals surface area (Å²) in [5.41, 5.74) is 4.29. The van der Waals surface area contributed by atoms with E-state index >= 15 is 0 Å². The second-order valence-corrected chi connectivity index (χ2v) is 4.46. The monoisotopic (exact) mass is 298 g/mol. The molecule has 1 aromatic rings. The number of nitrogens with two attached hydrogens (primary N) is 1. The van der Waals surface area contributed by atoms with E-state index in [1.54, 1.807) is 0 Å². The third-order valence-corrected chi connectivity index (χ3v) is 3.15. The van der Waals surface area contributed by atoms with Crippen molar-refractivity contribution < 1.29 is 17.9 Å². The molecule has 0 saturated carbocycles. The zero-order valence-corrected chi connectivity index (χ0v) is 10.3. The van der Waals surface area contributed by atoms with Crippen molar-refractivity contribution in [2.45, 2.75) is 12.2 Å². The Morgan fingerprint density at radius 1 is 1.28 bits per heavy atom. The summed E-state index contributed by atoms with van der Waals surface area (Å²) in [5, 5.41) is -0.135. The highest BCUT2D eigenvalue weighted by Gasteiger charge is 2.37. The first-order valence-electron chi connectivity index (χ1n) is 4.81. The molecular formula is C10H7Cl2F3N2O. The first-order valence-corrected chi connectivity index (χ1v) is 5.57. The van der Waals surface area contributed by atoms with Crippen molar-refractivity contribution in [3.63, 3.8) is 0 Å². The maximum Gasteiger partial charge on any atom is 0.416 e. The number of nitrogens with zero attached hydrogens (tertiary/aromatic N) is 1. The third-order valence-electron chi connectivity index (χ3n) is 2.43. The third kappa shape index (κ3) is 2.49. The van der Waals surface area contributed by atoms with Crippen LogP contribution in [0.15, 0.2) is 17.1 Å². The molecule has 1 aliphatic heterocycles. The summed E-state index contributed by atoms with van der Waals surface area (Å²) in [7, 11) is 0. The molecule has 1 aromatic carbocycles. The highest BCUT2D eigenvalue weighted by atomic mass is 35.5. The van der Waals surface area contributed by atoms with Crippen molar-refractivity contribution >= 4 is 29.2 Å². The Balaban J connectivity index is 2.55. The molecule has 1 heterocycles. The van der Waals surface area contributed by atoms with Gasteiger partial charge in [0.1, 0.15) is 12.6 Å². The Morgan fingerprint density at radius 2 is 1.89 bits per heavy atom. The summed E-state index contributed by atoms with van der Waals surface area (Å²) in [4.78, 5) is 3.77. The van der Waals surface area contributed by atoms with Crippen LogP contribution in [0.25, 0.3) is 0 Å². The highest BCUT2D eigenvalue weighted by Crippen LogP contribution is 2.40. The molecule has 8 heteroatoms. The zero-order chi connectivity index (χ0) is 13.5. The Hall–Kier alpha value is -1.14. The van der Waals surface area contributed by atoms with Gasteiger partial charge in [-0.1, -0.05) is 23.2 Å². The lowest BCUT2D eigenvalue weighted by Gasteiger charge is -2.16. The number of rotatable bonds is 1. The van der Waals surface area contributed by atoms with Crippen LogP contribution in [0.1, 0.15) is 17.2 Å². The maximum atomic E-state index is 12.9. The molecule has 2 N–H and O–H groups in total. The Bertz CT molecular complexity index is 517. The van der Waals surface area contributed by atoms with Crippen LogP contribution >= 0.6 is 23.2 Å². The first kappa shape index (κ1) is 13.3. The van der Waals surface area contributed by atoms with Gasteiger partial charge in [0, 0.05) is 0 Å². The molecule has 0 amide bonds. The molecule has 1 aliphatic rings. The highest BCUT2D eigenvalue weighted by molar-refractivity contribution is 6.42. The second-order valence-electron chi connectivity index (χ2n) is 3.65. The number of benzene rings is 1. The van der Waals surface area contributed by atoms with Crippen molar-refractivity contribution in [3.05, 3.63) is 33.3 Å².